The van der Waals surface area contributed by atoms with Crippen LogP contribution in [0.5, 0.6) is 0 Å². The molecule has 0 aromatic carbocycles. The summed E-state index contributed by atoms with van der Waals surface area (Å²) in [5.74, 6) is 1.03. The number of piperidine rings is 1. The first kappa shape index (κ1) is 8.52. The molecule has 0 aromatic heterocycles. The maximum atomic E-state index is 9.42. The van der Waals surface area contributed by atoms with Gasteiger partial charge in [-0.1, -0.05) is 12.8 Å². The molecule has 0 spiro atoms. The summed E-state index contributed by atoms with van der Waals surface area (Å²) in [4.78, 5) is 2.42. The van der Waals surface area contributed by atoms with Crippen LogP contribution in [0.15, 0.2) is 0 Å². The summed E-state index contributed by atoms with van der Waals surface area (Å²) in [6, 6.07) is 0. The Morgan fingerprint density at radius 3 is 2.75 bits per heavy atom. The summed E-state index contributed by atoms with van der Waals surface area (Å²) < 4.78 is 0. The summed E-state index contributed by atoms with van der Waals surface area (Å²) >= 11 is 0. The van der Waals surface area contributed by atoms with Gasteiger partial charge < -0.3 is 10.0 Å². The Morgan fingerprint density at radius 2 is 2.08 bits per heavy atom. The normalized spacial score (nSPS) is 32.2. The molecule has 1 unspecified atom stereocenters. The average molecular weight is 169 g/mol. The van der Waals surface area contributed by atoms with Crippen LogP contribution >= 0.6 is 0 Å². The van der Waals surface area contributed by atoms with Gasteiger partial charge in [0.15, 0.2) is 0 Å². The molecule has 1 saturated heterocycles. The van der Waals surface area contributed by atoms with E-state index in [2.05, 4.69) is 4.90 Å². The van der Waals surface area contributed by atoms with Gasteiger partial charge >= 0.3 is 0 Å². The molecule has 0 bridgehead atoms. The number of hydrogen-bond donors (Lipinski definition) is 1. The van der Waals surface area contributed by atoms with Crippen molar-refractivity contribution in [3.8, 4) is 0 Å². The van der Waals surface area contributed by atoms with Gasteiger partial charge in [0.25, 0.3) is 0 Å². The minimum Gasteiger partial charge on any atom is -0.392 e. The molecule has 1 atom stereocenters. The summed E-state index contributed by atoms with van der Waals surface area (Å²) in [6.45, 7) is 3.36. The van der Waals surface area contributed by atoms with Crippen molar-refractivity contribution < 1.29 is 5.11 Å². The van der Waals surface area contributed by atoms with Gasteiger partial charge in [-0.25, -0.2) is 0 Å². The molecular weight excluding hydrogens is 150 g/mol. The third kappa shape index (κ3) is 2.46. The van der Waals surface area contributed by atoms with E-state index in [0.29, 0.717) is 0 Å². The fourth-order valence-corrected chi connectivity index (χ4v) is 2.01. The molecule has 2 nitrogen and oxygen atoms in total. The van der Waals surface area contributed by atoms with Crippen molar-refractivity contribution in [2.24, 2.45) is 5.92 Å². The molecule has 0 radical (unpaired) electrons. The van der Waals surface area contributed by atoms with Crippen molar-refractivity contribution in [1.29, 1.82) is 0 Å². The predicted molar refractivity (Wildman–Crippen MR) is 49.0 cm³/mol. The van der Waals surface area contributed by atoms with E-state index in [-0.39, 0.29) is 6.10 Å². The summed E-state index contributed by atoms with van der Waals surface area (Å²) in [7, 11) is 0. The maximum absolute atomic E-state index is 9.42. The lowest BCUT2D eigenvalue weighted by Gasteiger charge is -2.29. The van der Waals surface area contributed by atoms with Crippen LogP contribution in [0.25, 0.3) is 0 Å². The Morgan fingerprint density at radius 1 is 1.25 bits per heavy atom. The number of rotatable bonds is 3. The zero-order chi connectivity index (χ0) is 8.39. The zero-order valence-corrected chi connectivity index (χ0v) is 7.71. The smallest absolute Gasteiger partial charge is 0.0667 e. The summed E-state index contributed by atoms with van der Waals surface area (Å²) in [5.41, 5.74) is 0. The minimum atomic E-state index is -0.0436. The number of likely N-dealkylation sites (tertiary alicyclic amines) is 1. The Balaban J connectivity index is 1.64. The number of aliphatic hydroxyl groups is 1. The van der Waals surface area contributed by atoms with Crippen molar-refractivity contribution in [1.82, 2.24) is 4.90 Å². The van der Waals surface area contributed by atoms with Gasteiger partial charge in [0.2, 0.25) is 0 Å². The van der Waals surface area contributed by atoms with Crippen molar-refractivity contribution in [2.45, 2.75) is 38.2 Å². The van der Waals surface area contributed by atoms with Crippen molar-refractivity contribution >= 4 is 0 Å². The summed E-state index contributed by atoms with van der Waals surface area (Å²) in [5, 5.41) is 9.42. The van der Waals surface area contributed by atoms with Crippen LogP contribution in [0, 0.1) is 5.92 Å². The lowest BCUT2D eigenvalue weighted by atomic mass is 10.1. The molecule has 1 aliphatic carbocycles. The van der Waals surface area contributed by atoms with Crippen molar-refractivity contribution in [3.63, 3.8) is 0 Å². The second kappa shape index (κ2) is 3.75. The average Bonchev–Trinajstić information content (AvgIpc) is 2.84. The monoisotopic (exact) mass is 169 g/mol. The van der Waals surface area contributed by atoms with Gasteiger partial charge in [-0.15, -0.1) is 0 Å². The van der Waals surface area contributed by atoms with Crippen LogP contribution in [0.4, 0.5) is 0 Å². The van der Waals surface area contributed by atoms with Crippen LogP contribution in [0.3, 0.4) is 0 Å². The molecule has 70 valence electrons. The standard InChI is InChI=1S/C10H19NO/c12-10-2-1-6-11(8-10)7-5-9-3-4-9/h9-10,12H,1-8H2. The number of hydrogen-bond acceptors (Lipinski definition) is 2. The van der Waals surface area contributed by atoms with E-state index in [1.54, 1.807) is 0 Å². The first-order chi connectivity index (χ1) is 5.84. The molecule has 0 aromatic rings. The van der Waals surface area contributed by atoms with Crippen LogP contribution < -0.4 is 0 Å². The number of nitrogens with zero attached hydrogens (tertiary/aromatic N) is 1. The zero-order valence-electron chi connectivity index (χ0n) is 7.71. The Kier molecular flexibility index (Phi) is 2.66. The maximum Gasteiger partial charge on any atom is 0.0667 e. The molecule has 0 amide bonds. The van der Waals surface area contributed by atoms with Gasteiger partial charge in [0, 0.05) is 6.54 Å². The van der Waals surface area contributed by atoms with E-state index in [4.69, 9.17) is 0 Å². The lowest BCUT2D eigenvalue weighted by Crippen LogP contribution is -2.38. The van der Waals surface area contributed by atoms with E-state index in [0.717, 1.165) is 18.9 Å². The fourth-order valence-electron chi connectivity index (χ4n) is 2.01. The van der Waals surface area contributed by atoms with E-state index in [1.807, 2.05) is 0 Å². The van der Waals surface area contributed by atoms with Gasteiger partial charge in [-0.2, -0.15) is 0 Å². The van der Waals surface area contributed by atoms with E-state index in [1.165, 1.54) is 38.8 Å². The second-order valence-corrected chi connectivity index (χ2v) is 4.33. The molecule has 1 heterocycles. The summed E-state index contributed by atoms with van der Waals surface area (Å²) in [6.07, 6.45) is 6.43. The van der Waals surface area contributed by atoms with Gasteiger partial charge in [0.1, 0.15) is 0 Å². The topological polar surface area (TPSA) is 23.5 Å². The Hall–Kier alpha value is -0.0800. The SMILES string of the molecule is OC1CCCN(CCC2CC2)C1. The van der Waals surface area contributed by atoms with E-state index < -0.39 is 0 Å². The molecule has 2 aliphatic rings. The van der Waals surface area contributed by atoms with Crippen LogP contribution in [-0.2, 0) is 0 Å². The highest BCUT2D eigenvalue weighted by molar-refractivity contribution is 4.77. The van der Waals surface area contributed by atoms with Crippen LogP contribution in [0.2, 0.25) is 0 Å². The number of β-amino-alcohol motifs (C(OH)–C–C–N with tert-alkyl or cyclic N) is 1. The van der Waals surface area contributed by atoms with Crippen LogP contribution in [0.1, 0.15) is 32.1 Å². The molecule has 1 saturated carbocycles. The highest BCUT2D eigenvalue weighted by atomic mass is 16.3. The minimum absolute atomic E-state index is 0.0436. The molecule has 2 heteroatoms. The second-order valence-electron chi connectivity index (χ2n) is 4.33. The van der Waals surface area contributed by atoms with Crippen molar-refractivity contribution in [2.75, 3.05) is 19.6 Å². The van der Waals surface area contributed by atoms with Crippen LogP contribution in [-0.4, -0.2) is 35.7 Å². The van der Waals surface area contributed by atoms with Gasteiger partial charge in [-0.3, -0.25) is 0 Å². The third-order valence-electron chi connectivity index (χ3n) is 3.03. The van der Waals surface area contributed by atoms with E-state index >= 15 is 0 Å². The third-order valence-corrected chi connectivity index (χ3v) is 3.03. The van der Waals surface area contributed by atoms with E-state index in [9.17, 15) is 5.11 Å². The molecule has 12 heavy (non-hydrogen) atoms. The lowest BCUT2D eigenvalue weighted by molar-refractivity contribution is 0.0694. The first-order valence-corrected chi connectivity index (χ1v) is 5.25. The molecule has 2 rings (SSSR count). The Labute approximate surface area is 74.6 Å². The quantitative estimate of drug-likeness (QED) is 0.687. The largest absolute Gasteiger partial charge is 0.392 e. The first-order valence-electron chi connectivity index (χ1n) is 5.25. The molecule has 1 aliphatic heterocycles. The molecule has 2 fully saturated rings. The van der Waals surface area contributed by atoms with Gasteiger partial charge in [0.05, 0.1) is 6.10 Å². The highest BCUT2D eigenvalue weighted by Crippen LogP contribution is 2.32. The van der Waals surface area contributed by atoms with Gasteiger partial charge in [-0.05, 0) is 38.3 Å². The predicted octanol–water partition coefficient (Wildman–Crippen LogP) is 1.24. The van der Waals surface area contributed by atoms with Crippen molar-refractivity contribution in [3.05, 3.63) is 0 Å². The Bertz CT molecular complexity index is 145. The molecular formula is C10H19NO. The fraction of sp³-hybridized carbons (Fsp3) is 1.00. The number of aliphatic hydroxyl groups excluding tert-OH is 1. The molecule has 1 N–H and O–H groups in total. The highest BCUT2D eigenvalue weighted by Gasteiger charge is 2.23.